The number of likely N-dealkylation sites (tertiary alicyclic amines) is 1. The summed E-state index contributed by atoms with van der Waals surface area (Å²) in [5.41, 5.74) is 0. The Morgan fingerprint density at radius 2 is 1.90 bits per heavy atom. The summed E-state index contributed by atoms with van der Waals surface area (Å²) in [6.07, 6.45) is 4.30. The van der Waals surface area contributed by atoms with Gasteiger partial charge in [-0.25, -0.2) is 0 Å². The summed E-state index contributed by atoms with van der Waals surface area (Å²) in [6, 6.07) is -1.07. The first-order valence-corrected chi connectivity index (χ1v) is 12.4. The Bertz CT molecular complexity index is 673. The molecular weight excluding hydrogens is 402 g/mol. The molecule has 1 spiro atoms. The fraction of sp³-hybridized carbons (Fsp3) is 0.864. The van der Waals surface area contributed by atoms with Crippen LogP contribution >= 0.6 is 11.8 Å². The zero-order valence-electron chi connectivity index (χ0n) is 18.6. The number of nitrogens with zero attached hydrogens (tertiary/aromatic N) is 1. The highest BCUT2D eigenvalue weighted by molar-refractivity contribution is 8.02. The van der Waals surface area contributed by atoms with Crippen molar-refractivity contribution in [3.05, 3.63) is 0 Å². The third-order valence-electron chi connectivity index (χ3n) is 6.98. The molecule has 3 aliphatic rings. The lowest BCUT2D eigenvalue weighted by Crippen LogP contribution is -2.57. The van der Waals surface area contributed by atoms with Gasteiger partial charge in [0.05, 0.1) is 29.2 Å². The Labute approximate surface area is 184 Å². The average molecular weight is 440 g/mol. The molecule has 0 aromatic rings. The topological polar surface area (TPSA) is 98.7 Å². The maximum absolute atomic E-state index is 13.8. The van der Waals surface area contributed by atoms with Gasteiger partial charge in [-0.1, -0.05) is 34.1 Å². The molecule has 8 heteroatoms. The Kier molecular flexibility index (Phi) is 7.38. The van der Waals surface area contributed by atoms with Gasteiger partial charge < -0.3 is 20.6 Å². The van der Waals surface area contributed by atoms with Crippen LogP contribution in [0.2, 0.25) is 0 Å². The maximum atomic E-state index is 13.8. The fourth-order valence-corrected chi connectivity index (χ4v) is 7.73. The first-order chi connectivity index (χ1) is 14.3. The number of thioether (sulfide) groups is 1. The number of unbranched alkanes of at least 4 members (excludes halogenated alkanes) is 1. The van der Waals surface area contributed by atoms with Crippen LogP contribution in [0.1, 0.15) is 59.8 Å². The number of carbonyl (C=O) groups is 3. The molecule has 3 aliphatic heterocycles. The molecule has 3 heterocycles. The predicted molar refractivity (Wildman–Crippen MR) is 118 cm³/mol. The highest BCUT2D eigenvalue weighted by Crippen LogP contribution is 2.66. The van der Waals surface area contributed by atoms with Crippen LogP contribution in [0, 0.1) is 17.8 Å². The lowest BCUT2D eigenvalue weighted by Gasteiger charge is -2.38. The second-order valence-corrected chi connectivity index (χ2v) is 10.8. The van der Waals surface area contributed by atoms with Gasteiger partial charge in [0.2, 0.25) is 17.7 Å². The molecule has 6 atom stereocenters. The SMILES string of the molecule is CCCCNC(=O)C1N([C@@H](CO)C(C)C)C(=O)[C@@H]2[C@H](C(=O)NCCC)[C@@H]3CCC12S3. The van der Waals surface area contributed by atoms with Crippen molar-refractivity contribution in [1.29, 1.82) is 0 Å². The largest absolute Gasteiger partial charge is 0.394 e. The van der Waals surface area contributed by atoms with E-state index in [2.05, 4.69) is 17.6 Å². The molecular formula is C22H37N3O4S. The van der Waals surface area contributed by atoms with Gasteiger partial charge in [-0.15, -0.1) is 11.8 Å². The number of hydrogen-bond acceptors (Lipinski definition) is 5. The summed E-state index contributed by atoms with van der Waals surface area (Å²) in [6.45, 7) is 8.98. The van der Waals surface area contributed by atoms with Gasteiger partial charge in [0, 0.05) is 18.3 Å². The molecule has 3 N–H and O–H groups in total. The monoisotopic (exact) mass is 439 g/mol. The minimum Gasteiger partial charge on any atom is -0.394 e. The van der Waals surface area contributed by atoms with Crippen LogP contribution in [-0.2, 0) is 14.4 Å². The zero-order valence-corrected chi connectivity index (χ0v) is 19.5. The number of fused-ring (bicyclic) bond motifs is 1. The van der Waals surface area contributed by atoms with Crippen molar-refractivity contribution < 1.29 is 19.5 Å². The molecule has 3 amide bonds. The summed E-state index contributed by atoms with van der Waals surface area (Å²) < 4.78 is -0.575. The third kappa shape index (κ3) is 3.74. The zero-order chi connectivity index (χ0) is 22.1. The van der Waals surface area contributed by atoms with Gasteiger partial charge in [-0.2, -0.15) is 0 Å². The van der Waals surface area contributed by atoms with Gasteiger partial charge in [0.25, 0.3) is 0 Å². The smallest absolute Gasteiger partial charge is 0.244 e. The van der Waals surface area contributed by atoms with E-state index in [1.54, 1.807) is 16.7 Å². The van der Waals surface area contributed by atoms with E-state index in [0.29, 0.717) is 13.1 Å². The summed E-state index contributed by atoms with van der Waals surface area (Å²) >= 11 is 1.68. The van der Waals surface area contributed by atoms with Crippen LogP contribution in [0.3, 0.4) is 0 Å². The Morgan fingerprint density at radius 1 is 1.20 bits per heavy atom. The molecule has 0 saturated carbocycles. The molecule has 0 radical (unpaired) electrons. The van der Waals surface area contributed by atoms with E-state index >= 15 is 0 Å². The fourth-order valence-electron chi connectivity index (χ4n) is 5.52. The second-order valence-electron chi connectivity index (χ2n) is 9.23. The molecule has 3 fully saturated rings. The average Bonchev–Trinajstić information content (AvgIpc) is 3.34. The molecule has 170 valence electrons. The van der Waals surface area contributed by atoms with E-state index in [-0.39, 0.29) is 35.5 Å². The van der Waals surface area contributed by atoms with Crippen LogP contribution in [-0.4, -0.2) is 69.5 Å². The number of rotatable bonds is 10. The van der Waals surface area contributed by atoms with Crippen molar-refractivity contribution in [3.8, 4) is 0 Å². The molecule has 2 bridgehead atoms. The van der Waals surface area contributed by atoms with Crippen molar-refractivity contribution in [1.82, 2.24) is 15.5 Å². The number of carbonyl (C=O) groups excluding carboxylic acids is 3. The molecule has 3 saturated heterocycles. The second kappa shape index (κ2) is 9.47. The predicted octanol–water partition coefficient (Wildman–Crippen LogP) is 1.54. The summed E-state index contributed by atoms with van der Waals surface area (Å²) in [5.74, 6) is -1.22. The van der Waals surface area contributed by atoms with E-state index in [4.69, 9.17) is 0 Å². The van der Waals surface area contributed by atoms with Crippen molar-refractivity contribution in [2.24, 2.45) is 17.8 Å². The Hall–Kier alpha value is -1.28. The lowest BCUT2D eigenvalue weighted by molar-refractivity contribution is -0.143. The Morgan fingerprint density at radius 3 is 2.50 bits per heavy atom. The third-order valence-corrected chi connectivity index (χ3v) is 8.93. The van der Waals surface area contributed by atoms with Crippen molar-refractivity contribution in [2.45, 2.75) is 81.9 Å². The van der Waals surface area contributed by atoms with Crippen molar-refractivity contribution >= 4 is 29.5 Å². The number of aliphatic hydroxyl groups excluding tert-OH is 1. The van der Waals surface area contributed by atoms with E-state index < -0.39 is 28.7 Å². The molecule has 3 rings (SSSR count). The van der Waals surface area contributed by atoms with Gasteiger partial charge >= 0.3 is 0 Å². The lowest BCUT2D eigenvalue weighted by atomic mass is 9.70. The van der Waals surface area contributed by atoms with Gasteiger partial charge in [-0.3, -0.25) is 14.4 Å². The normalized spacial score (nSPS) is 33.1. The van der Waals surface area contributed by atoms with Crippen molar-refractivity contribution in [3.63, 3.8) is 0 Å². The number of nitrogens with one attached hydrogen (secondary N) is 2. The van der Waals surface area contributed by atoms with E-state index in [1.807, 2.05) is 20.8 Å². The highest BCUT2D eigenvalue weighted by atomic mass is 32.2. The highest BCUT2D eigenvalue weighted by Gasteiger charge is 2.74. The number of aliphatic hydroxyl groups is 1. The summed E-state index contributed by atoms with van der Waals surface area (Å²) in [4.78, 5) is 41.8. The Balaban J connectivity index is 1.97. The van der Waals surface area contributed by atoms with Crippen LogP contribution in [0.5, 0.6) is 0 Å². The van der Waals surface area contributed by atoms with E-state index in [9.17, 15) is 19.5 Å². The molecule has 0 aromatic carbocycles. The van der Waals surface area contributed by atoms with Crippen molar-refractivity contribution in [2.75, 3.05) is 19.7 Å². The van der Waals surface area contributed by atoms with Gasteiger partial charge in [0.1, 0.15) is 6.04 Å². The van der Waals surface area contributed by atoms with Crippen LogP contribution in [0.4, 0.5) is 0 Å². The minimum absolute atomic E-state index is 0.00897. The first kappa shape index (κ1) is 23.4. The van der Waals surface area contributed by atoms with Gasteiger partial charge in [-0.05, 0) is 31.6 Å². The first-order valence-electron chi connectivity index (χ1n) is 11.5. The number of hydrogen-bond donors (Lipinski definition) is 3. The maximum Gasteiger partial charge on any atom is 0.244 e. The van der Waals surface area contributed by atoms with Crippen LogP contribution in [0.25, 0.3) is 0 Å². The molecule has 7 nitrogen and oxygen atoms in total. The quantitative estimate of drug-likeness (QED) is 0.449. The standard InChI is InChI=1S/C22H37N3O4S/c1-5-7-11-24-20(28)18-22-9-8-15(30-22)16(19(27)23-10-6-2)17(22)21(29)25(18)14(12-26)13(3)4/h13-18,26H,5-12H2,1-4H3,(H,23,27)(H,24,28)/t14-,15-,16+,17-,18?,22?/m0/s1. The minimum atomic E-state index is -0.634. The summed E-state index contributed by atoms with van der Waals surface area (Å²) in [5, 5.41) is 16.2. The molecule has 0 aliphatic carbocycles. The molecule has 2 unspecified atom stereocenters. The van der Waals surface area contributed by atoms with Crippen LogP contribution < -0.4 is 10.6 Å². The number of amides is 3. The van der Waals surface area contributed by atoms with Crippen LogP contribution in [0.15, 0.2) is 0 Å². The molecule has 30 heavy (non-hydrogen) atoms. The van der Waals surface area contributed by atoms with E-state index in [0.717, 1.165) is 32.1 Å². The molecule has 0 aromatic heterocycles. The van der Waals surface area contributed by atoms with E-state index in [1.165, 1.54) is 0 Å². The summed E-state index contributed by atoms with van der Waals surface area (Å²) in [7, 11) is 0. The van der Waals surface area contributed by atoms with Gasteiger partial charge in [0.15, 0.2) is 0 Å².